The number of nitrogens with zero attached hydrogens (tertiary/aromatic N) is 1. The van der Waals surface area contributed by atoms with Gasteiger partial charge in [-0.05, 0) is 40.5 Å². The van der Waals surface area contributed by atoms with Gasteiger partial charge in [0.1, 0.15) is 11.8 Å². The van der Waals surface area contributed by atoms with Crippen LogP contribution in [-0.4, -0.2) is 85.4 Å². The quantitative estimate of drug-likeness (QED) is 0.286. The number of carbonyl (C=O) groups excluding carboxylic acids is 2. The van der Waals surface area contributed by atoms with Crippen LogP contribution in [0.25, 0.3) is 0 Å². The minimum Gasteiger partial charge on any atom is -0.375 e. The molecule has 0 aromatic rings. The molecule has 1 saturated heterocycles. The number of hydrogen-bond donors (Lipinski definition) is 4. The van der Waals surface area contributed by atoms with Gasteiger partial charge in [0.2, 0.25) is 11.8 Å². The number of nitrogens with two attached hydrogens (primary N) is 2. The van der Waals surface area contributed by atoms with Crippen molar-refractivity contribution < 1.29 is 32.6 Å². The Balaban J connectivity index is 2.61. The molecule has 11 heteroatoms. The highest BCUT2D eigenvalue weighted by atomic mass is 32.2. The van der Waals surface area contributed by atoms with Crippen molar-refractivity contribution in [3.05, 3.63) is 0 Å². The van der Waals surface area contributed by atoms with Gasteiger partial charge < -0.3 is 26.0 Å². The van der Waals surface area contributed by atoms with Crippen molar-refractivity contribution in [2.45, 2.75) is 64.1 Å². The lowest BCUT2D eigenvalue weighted by molar-refractivity contribution is -0.662. The summed E-state index contributed by atoms with van der Waals surface area (Å²) in [5, 5.41) is 4.52. The summed E-state index contributed by atoms with van der Waals surface area (Å²) in [6, 6.07) is -1.31. The van der Waals surface area contributed by atoms with Gasteiger partial charge in [-0.15, -0.1) is 0 Å². The number of amides is 2. The maximum atomic E-state index is 12.6. The lowest BCUT2D eigenvalue weighted by atomic mass is 10.0. The topological polar surface area (TPSA) is 156 Å². The van der Waals surface area contributed by atoms with Gasteiger partial charge in [0.15, 0.2) is 0 Å². The molecule has 0 bridgehead atoms. The number of piperazine rings is 1. The van der Waals surface area contributed by atoms with Crippen LogP contribution in [0.15, 0.2) is 0 Å². The molecule has 0 aromatic carbocycles. The van der Waals surface area contributed by atoms with Gasteiger partial charge >= 0.3 is 0 Å². The van der Waals surface area contributed by atoms with Gasteiger partial charge in [-0.2, -0.15) is 8.42 Å². The monoisotopic (exact) mass is 437 g/mol. The number of quaternary nitrogens is 1. The first-order valence-corrected chi connectivity index (χ1v) is 11.6. The van der Waals surface area contributed by atoms with Crippen LogP contribution in [0.5, 0.6) is 0 Å². The van der Waals surface area contributed by atoms with E-state index in [4.69, 9.17) is 10.5 Å². The van der Waals surface area contributed by atoms with E-state index in [9.17, 15) is 22.6 Å². The predicted molar refractivity (Wildman–Crippen MR) is 109 cm³/mol. The molecule has 29 heavy (non-hydrogen) atoms. The van der Waals surface area contributed by atoms with Crippen molar-refractivity contribution in [2.75, 3.05) is 38.5 Å². The summed E-state index contributed by atoms with van der Waals surface area (Å²) >= 11 is 0. The average Bonchev–Trinajstić information content (AvgIpc) is 2.57. The Morgan fingerprint density at radius 3 is 2.31 bits per heavy atom. The van der Waals surface area contributed by atoms with Crippen LogP contribution < -0.4 is 16.4 Å². The Bertz CT molecular complexity index is 654. The Labute approximate surface area is 173 Å². The molecule has 0 radical (unpaired) electrons. The van der Waals surface area contributed by atoms with Crippen molar-refractivity contribution in [3.8, 4) is 0 Å². The fourth-order valence-corrected chi connectivity index (χ4v) is 3.57. The standard InChI is InChI=1S/C18H36N4O6S/c1-17(2,19)7-12-28-18(3,4)6-5-15(23)21-14(13-29(25,26)27)16(24)22-10-8-20-9-11-22/h14,20H,5-13,19H2,1-4H3,(H,21,23)(H,25,26,27)/p+1. The number of nitrogens with one attached hydrogen (secondary N) is 1. The Morgan fingerprint density at radius 2 is 1.79 bits per heavy atom. The smallest absolute Gasteiger partial charge is 0.267 e. The molecule has 1 unspecified atom stereocenters. The zero-order chi connectivity index (χ0) is 22.3. The second-order valence-corrected chi connectivity index (χ2v) is 10.4. The molecule has 0 saturated carbocycles. The maximum absolute atomic E-state index is 12.6. The van der Waals surface area contributed by atoms with Crippen LogP contribution in [0.4, 0.5) is 0 Å². The first-order valence-electron chi connectivity index (χ1n) is 9.96. The molecule has 1 aliphatic rings. The van der Waals surface area contributed by atoms with Crippen LogP contribution in [0, 0.1) is 0 Å². The number of ether oxygens (including phenoxy) is 1. The van der Waals surface area contributed by atoms with Gasteiger partial charge in [0.25, 0.3) is 10.1 Å². The molecular formula is C18H37N4O6S+. The molecule has 0 spiro atoms. The summed E-state index contributed by atoms with van der Waals surface area (Å²) in [4.78, 5) is 26.5. The lowest BCUT2D eigenvalue weighted by Crippen LogP contribution is -2.90. The summed E-state index contributed by atoms with van der Waals surface area (Å²) in [6.07, 6.45) is 1.11. The Kier molecular flexibility index (Phi) is 9.48. The fourth-order valence-electron chi connectivity index (χ4n) is 2.92. The highest BCUT2D eigenvalue weighted by Crippen LogP contribution is 2.18. The van der Waals surface area contributed by atoms with Gasteiger partial charge in [0.05, 0.1) is 31.8 Å². The first kappa shape index (κ1) is 25.8. The maximum Gasteiger partial charge on any atom is 0.267 e. The third-order valence-corrected chi connectivity index (χ3v) is 5.48. The normalized spacial score (nSPS) is 17.1. The van der Waals surface area contributed by atoms with E-state index >= 15 is 0 Å². The predicted octanol–water partition coefficient (Wildman–Crippen LogP) is -1.53. The van der Waals surface area contributed by atoms with Crippen LogP contribution in [0.3, 0.4) is 0 Å². The average molecular weight is 438 g/mol. The van der Waals surface area contributed by atoms with Gasteiger partial charge in [-0.1, -0.05) is 0 Å². The van der Waals surface area contributed by atoms with E-state index in [1.54, 1.807) is 0 Å². The number of carbonyl (C=O) groups is 2. The van der Waals surface area contributed by atoms with Crippen LogP contribution in [-0.2, 0) is 24.4 Å². The number of rotatable bonds is 11. The van der Waals surface area contributed by atoms with Crippen LogP contribution >= 0.6 is 0 Å². The van der Waals surface area contributed by atoms with Crippen molar-refractivity contribution in [1.29, 1.82) is 0 Å². The summed E-state index contributed by atoms with van der Waals surface area (Å²) in [7, 11) is -4.43. The molecule has 170 valence electrons. The van der Waals surface area contributed by atoms with E-state index in [1.165, 1.54) is 4.90 Å². The van der Waals surface area contributed by atoms with E-state index in [1.807, 2.05) is 33.0 Å². The molecule has 1 fully saturated rings. The molecule has 2 amide bonds. The number of hydrogen-bond acceptors (Lipinski definition) is 6. The second kappa shape index (κ2) is 10.7. The highest BCUT2D eigenvalue weighted by Gasteiger charge is 2.32. The Morgan fingerprint density at radius 1 is 1.21 bits per heavy atom. The third-order valence-electron chi connectivity index (χ3n) is 4.72. The minimum atomic E-state index is -4.43. The van der Waals surface area contributed by atoms with Gasteiger partial charge in [-0.25, -0.2) is 0 Å². The molecule has 1 rings (SSSR count). The first-order chi connectivity index (χ1) is 13.2. The van der Waals surface area contributed by atoms with Crippen molar-refractivity contribution in [3.63, 3.8) is 0 Å². The summed E-state index contributed by atoms with van der Waals surface area (Å²) in [5.74, 6) is -1.81. The van der Waals surface area contributed by atoms with E-state index in [0.717, 1.165) is 0 Å². The van der Waals surface area contributed by atoms with E-state index in [0.29, 0.717) is 45.6 Å². The van der Waals surface area contributed by atoms with E-state index in [2.05, 4.69) is 5.32 Å². The van der Waals surface area contributed by atoms with Crippen molar-refractivity contribution >= 4 is 21.9 Å². The molecule has 6 N–H and O–H groups in total. The van der Waals surface area contributed by atoms with Crippen molar-refractivity contribution in [2.24, 2.45) is 5.73 Å². The van der Waals surface area contributed by atoms with Gasteiger partial charge in [0, 0.05) is 18.6 Å². The zero-order valence-electron chi connectivity index (χ0n) is 17.9. The van der Waals surface area contributed by atoms with Crippen molar-refractivity contribution in [1.82, 2.24) is 10.2 Å². The molecular weight excluding hydrogens is 400 g/mol. The molecule has 1 aliphatic heterocycles. The molecule has 1 atom stereocenters. The minimum absolute atomic E-state index is 0.0576. The molecule has 0 aromatic heterocycles. The summed E-state index contributed by atoms with van der Waals surface area (Å²) < 4.78 is 37.6. The fraction of sp³-hybridized carbons (Fsp3) is 0.889. The molecule has 1 heterocycles. The molecule has 10 nitrogen and oxygen atoms in total. The van der Waals surface area contributed by atoms with Crippen LogP contribution in [0.2, 0.25) is 0 Å². The third kappa shape index (κ3) is 11.5. The summed E-state index contributed by atoms with van der Waals surface area (Å²) in [6.45, 7) is 10.3. The second-order valence-electron chi connectivity index (χ2n) is 8.91. The molecule has 0 aliphatic carbocycles. The van der Waals surface area contributed by atoms with E-state index in [-0.39, 0.29) is 12.0 Å². The lowest BCUT2D eigenvalue weighted by Gasteiger charge is -2.30. The largest absolute Gasteiger partial charge is 0.375 e. The van der Waals surface area contributed by atoms with E-state index < -0.39 is 39.3 Å². The van der Waals surface area contributed by atoms with Crippen LogP contribution in [0.1, 0.15) is 47.0 Å². The Hall–Kier alpha value is -1.27. The highest BCUT2D eigenvalue weighted by molar-refractivity contribution is 7.85. The van der Waals surface area contributed by atoms with Gasteiger partial charge in [-0.3, -0.25) is 14.1 Å². The zero-order valence-corrected chi connectivity index (χ0v) is 18.8. The SMILES string of the molecule is CC(C)(N)CCOC(C)(C)CCC(=O)NC(CS(=O)(=O)O)C(=O)N1CC[NH2+]CC1. The summed E-state index contributed by atoms with van der Waals surface area (Å²) in [5.41, 5.74) is 5.01.